The van der Waals surface area contributed by atoms with Crippen molar-refractivity contribution in [2.45, 2.75) is 40.5 Å². The Labute approximate surface area is 117 Å². The molecule has 0 fully saturated rings. The standard InChI is InChI=1S/C16H26ClN/c1-5-16(4,12-18-11-13(2)3)10-14-6-8-15(17)9-7-14/h6-9,13,18H,5,10-12H2,1-4H3. The number of hydrogen-bond acceptors (Lipinski definition) is 1. The fraction of sp³-hybridized carbons (Fsp3) is 0.625. The van der Waals surface area contributed by atoms with Gasteiger partial charge in [-0.1, -0.05) is 51.4 Å². The molecule has 0 aliphatic heterocycles. The summed E-state index contributed by atoms with van der Waals surface area (Å²) in [6.45, 7) is 11.3. The Bertz CT molecular complexity index is 345. The van der Waals surface area contributed by atoms with Crippen LogP contribution in [0, 0.1) is 11.3 Å². The normalized spacial score (nSPS) is 14.8. The van der Waals surface area contributed by atoms with Crippen LogP contribution in [0.4, 0.5) is 0 Å². The lowest BCUT2D eigenvalue weighted by molar-refractivity contribution is 0.285. The van der Waals surface area contributed by atoms with E-state index in [-0.39, 0.29) is 0 Å². The second-order valence-corrected chi connectivity index (χ2v) is 6.43. The summed E-state index contributed by atoms with van der Waals surface area (Å²) in [5.74, 6) is 0.710. The van der Waals surface area contributed by atoms with Crippen molar-refractivity contribution >= 4 is 11.6 Å². The maximum absolute atomic E-state index is 5.92. The molecule has 1 aromatic rings. The zero-order chi connectivity index (χ0) is 13.6. The van der Waals surface area contributed by atoms with Gasteiger partial charge in [-0.15, -0.1) is 0 Å². The molecule has 0 spiro atoms. The van der Waals surface area contributed by atoms with Crippen molar-refractivity contribution in [1.82, 2.24) is 5.32 Å². The van der Waals surface area contributed by atoms with Gasteiger partial charge in [0.2, 0.25) is 0 Å². The third-order valence-corrected chi connectivity index (χ3v) is 3.75. The van der Waals surface area contributed by atoms with E-state index in [4.69, 9.17) is 11.6 Å². The average Bonchev–Trinajstić information content (AvgIpc) is 2.32. The van der Waals surface area contributed by atoms with E-state index in [1.54, 1.807) is 0 Å². The van der Waals surface area contributed by atoms with Gasteiger partial charge in [-0.05, 0) is 48.4 Å². The van der Waals surface area contributed by atoms with E-state index in [1.165, 1.54) is 12.0 Å². The van der Waals surface area contributed by atoms with E-state index in [2.05, 4.69) is 45.1 Å². The van der Waals surface area contributed by atoms with E-state index in [0.29, 0.717) is 11.3 Å². The molecule has 0 aliphatic carbocycles. The van der Waals surface area contributed by atoms with Gasteiger partial charge in [0.1, 0.15) is 0 Å². The predicted octanol–water partition coefficient (Wildman–Crippen LogP) is 4.54. The molecule has 102 valence electrons. The van der Waals surface area contributed by atoms with Gasteiger partial charge in [0.05, 0.1) is 0 Å². The maximum Gasteiger partial charge on any atom is 0.0406 e. The molecule has 0 saturated carbocycles. The Balaban J connectivity index is 2.55. The fourth-order valence-corrected chi connectivity index (χ4v) is 2.20. The van der Waals surface area contributed by atoms with Crippen molar-refractivity contribution in [3.63, 3.8) is 0 Å². The van der Waals surface area contributed by atoms with Gasteiger partial charge in [0, 0.05) is 11.6 Å². The molecule has 0 bridgehead atoms. The highest BCUT2D eigenvalue weighted by atomic mass is 35.5. The van der Waals surface area contributed by atoms with E-state index < -0.39 is 0 Å². The molecule has 0 heterocycles. The molecule has 18 heavy (non-hydrogen) atoms. The van der Waals surface area contributed by atoms with Crippen LogP contribution in [0.5, 0.6) is 0 Å². The first kappa shape index (κ1) is 15.5. The topological polar surface area (TPSA) is 12.0 Å². The van der Waals surface area contributed by atoms with E-state index in [1.807, 2.05) is 12.1 Å². The molecule has 0 saturated heterocycles. The van der Waals surface area contributed by atoms with Crippen molar-refractivity contribution in [3.8, 4) is 0 Å². The lowest BCUT2D eigenvalue weighted by Crippen LogP contribution is -2.35. The van der Waals surface area contributed by atoms with Crippen molar-refractivity contribution in [2.24, 2.45) is 11.3 Å². The predicted molar refractivity (Wildman–Crippen MR) is 81.3 cm³/mol. The molecule has 0 aliphatic rings. The molecule has 1 unspecified atom stereocenters. The minimum Gasteiger partial charge on any atom is -0.316 e. The van der Waals surface area contributed by atoms with Crippen molar-refractivity contribution < 1.29 is 0 Å². The van der Waals surface area contributed by atoms with Crippen LogP contribution in [0.15, 0.2) is 24.3 Å². The third-order valence-electron chi connectivity index (χ3n) is 3.50. The van der Waals surface area contributed by atoms with Crippen LogP contribution in [-0.2, 0) is 6.42 Å². The van der Waals surface area contributed by atoms with Gasteiger partial charge in [0.25, 0.3) is 0 Å². The van der Waals surface area contributed by atoms with E-state index in [0.717, 1.165) is 24.5 Å². The number of nitrogens with one attached hydrogen (secondary N) is 1. The Hall–Kier alpha value is -0.530. The smallest absolute Gasteiger partial charge is 0.0406 e. The van der Waals surface area contributed by atoms with Crippen molar-refractivity contribution in [3.05, 3.63) is 34.9 Å². The fourth-order valence-electron chi connectivity index (χ4n) is 2.07. The minimum atomic E-state index is 0.322. The molecule has 0 amide bonds. The summed E-state index contributed by atoms with van der Waals surface area (Å²) in [5.41, 5.74) is 1.69. The second-order valence-electron chi connectivity index (χ2n) is 5.99. The van der Waals surface area contributed by atoms with Crippen LogP contribution < -0.4 is 5.32 Å². The first-order chi connectivity index (χ1) is 8.45. The van der Waals surface area contributed by atoms with Crippen LogP contribution in [-0.4, -0.2) is 13.1 Å². The van der Waals surface area contributed by atoms with Gasteiger partial charge in [-0.25, -0.2) is 0 Å². The van der Waals surface area contributed by atoms with Gasteiger partial charge in [-0.2, -0.15) is 0 Å². The number of benzene rings is 1. The van der Waals surface area contributed by atoms with Crippen LogP contribution in [0.2, 0.25) is 5.02 Å². The molecule has 1 nitrogen and oxygen atoms in total. The lowest BCUT2D eigenvalue weighted by atomic mass is 9.81. The van der Waals surface area contributed by atoms with Crippen molar-refractivity contribution in [2.75, 3.05) is 13.1 Å². The molecule has 1 N–H and O–H groups in total. The van der Waals surface area contributed by atoms with Crippen LogP contribution >= 0.6 is 11.6 Å². The summed E-state index contributed by atoms with van der Waals surface area (Å²) in [6, 6.07) is 8.24. The molecule has 1 rings (SSSR count). The van der Waals surface area contributed by atoms with Crippen LogP contribution in [0.25, 0.3) is 0 Å². The summed E-state index contributed by atoms with van der Waals surface area (Å²) >= 11 is 5.92. The van der Waals surface area contributed by atoms with Crippen molar-refractivity contribution in [1.29, 1.82) is 0 Å². The number of halogens is 1. The SMILES string of the molecule is CCC(C)(CNCC(C)C)Cc1ccc(Cl)cc1. The molecular weight excluding hydrogens is 242 g/mol. The summed E-state index contributed by atoms with van der Waals surface area (Å²) in [7, 11) is 0. The van der Waals surface area contributed by atoms with Gasteiger partial charge >= 0.3 is 0 Å². The average molecular weight is 268 g/mol. The Morgan fingerprint density at radius 1 is 1.22 bits per heavy atom. The Morgan fingerprint density at radius 2 is 1.83 bits per heavy atom. The summed E-state index contributed by atoms with van der Waals surface area (Å²) in [6.07, 6.45) is 2.28. The first-order valence-corrected chi connectivity index (χ1v) is 7.28. The van der Waals surface area contributed by atoms with Crippen LogP contribution in [0.3, 0.4) is 0 Å². The molecular formula is C16H26ClN. The monoisotopic (exact) mass is 267 g/mol. The van der Waals surface area contributed by atoms with Gasteiger partial charge in [0.15, 0.2) is 0 Å². The maximum atomic E-state index is 5.92. The summed E-state index contributed by atoms with van der Waals surface area (Å²) < 4.78 is 0. The molecule has 1 atom stereocenters. The molecule has 0 radical (unpaired) electrons. The van der Waals surface area contributed by atoms with Gasteiger partial charge < -0.3 is 5.32 Å². The summed E-state index contributed by atoms with van der Waals surface area (Å²) in [4.78, 5) is 0. The highest BCUT2D eigenvalue weighted by Crippen LogP contribution is 2.26. The first-order valence-electron chi connectivity index (χ1n) is 6.90. The molecule has 1 aromatic carbocycles. The number of rotatable bonds is 7. The zero-order valence-corrected chi connectivity index (χ0v) is 12.8. The zero-order valence-electron chi connectivity index (χ0n) is 12.1. The quantitative estimate of drug-likeness (QED) is 0.765. The molecule has 0 aromatic heterocycles. The lowest BCUT2D eigenvalue weighted by Gasteiger charge is -2.29. The largest absolute Gasteiger partial charge is 0.316 e. The Kier molecular flexibility index (Phi) is 6.17. The second kappa shape index (κ2) is 7.16. The van der Waals surface area contributed by atoms with Gasteiger partial charge in [-0.3, -0.25) is 0 Å². The molecule has 2 heteroatoms. The van der Waals surface area contributed by atoms with Crippen LogP contribution in [0.1, 0.15) is 39.7 Å². The summed E-state index contributed by atoms with van der Waals surface area (Å²) in [5, 5.41) is 4.40. The highest BCUT2D eigenvalue weighted by Gasteiger charge is 2.22. The third kappa shape index (κ3) is 5.41. The minimum absolute atomic E-state index is 0.322. The Morgan fingerprint density at radius 3 is 2.33 bits per heavy atom. The highest BCUT2D eigenvalue weighted by molar-refractivity contribution is 6.30. The van der Waals surface area contributed by atoms with E-state index in [9.17, 15) is 0 Å². The van der Waals surface area contributed by atoms with E-state index >= 15 is 0 Å². The number of hydrogen-bond donors (Lipinski definition) is 1.